The number of rotatable bonds is 8. The van der Waals surface area contributed by atoms with Crippen LogP contribution in [0.1, 0.15) is 31.5 Å². The Morgan fingerprint density at radius 1 is 1.33 bits per heavy atom. The van der Waals surface area contributed by atoms with E-state index in [1.165, 1.54) is 5.69 Å². The molecular formula is C16H22BrN3O. The van der Waals surface area contributed by atoms with Crippen molar-refractivity contribution in [3.63, 3.8) is 0 Å². The lowest BCUT2D eigenvalue weighted by molar-refractivity contribution is 0.285. The Labute approximate surface area is 134 Å². The minimum atomic E-state index is 0.220. The highest BCUT2D eigenvalue weighted by Gasteiger charge is 2.18. The molecule has 1 unspecified atom stereocenters. The Morgan fingerprint density at radius 3 is 2.76 bits per heavy atom. The zero-order valence-corrected chi connectivity index (χ0v) is 14.1. The first-order chi connectivity index (χ1) is 10.3. The summed E-state index contributed by atoms with van der Waals surface area (Å²) in [5.74, 6) is 0.911. The van der Waals surface area contributed by atoms with Gasteiger partial charge in [-0.15, -0.1) is 0 Å². The maximum absolute atomic E-state index is 5.79. The van der Waals surface area contributed by atoms with Crippen molar-refractivity contribution in [1.82, 2.24) is 15.1 Å². The van der Waals surface area contributed by atoms with Gasteiger partial charge in [-0.2, -0.15) is 5.10 Å². The van der Waals surface area contributed by atoms with Crippen LogP contribution < -0.4 is 10.1 Å². The Morgan fingerprint density at radius 2 is 2.10 bits per heavy atom. The lowest BCUT2D eigenvalue weighted by Crippen LogP contribution is -2.23. The highest BCUT2D eigenvalue weighted by molar-refractivity contribution is 9.10. The topological polar surface area (TPSA) is 39.1 Å². The van der Waals surface area contributed by atoms with Gasteiger partial charge >= 0.3 is 0 Å². The summed E-state index contributed by atoms with van der Waals surface area (Å²) >= 11 is 3.60. The second-order valence-electron chi connectivity index (χ2n) is 4.89. The van der Waals surface area contributed by atoms with Gasteiger partial charge in [-0.1, -0.05) is 25.1 Å². The molecule has 1 aromatic heterocycles. The molecule has 1 heterocycles. The third kappa shape index (κ3) is 4.32. The number of nitrogens with zero attached hydrogens (tertiary/aromatic N) is 2. The standard InChI is InChI=1S/C16H22BrN3O/c1-3-10-20-16(14(17)12-19-20)15(18-2)9-11-21-13-7-5-4-6-8-13/h4-8,12,15,18H,3,9-11H2,1-2H3. The van der Waals surface area contributed by atoms with Crippen molar-refractivity contribution in [1.29, 1.82) is 0 Å². The number of ether oxygens (including phenoxy) is 1. The predicted molar refractivity (Wildman–Crippen MR) is 88.6 cm³/mol. The quantitative estimate of drug-likeness (QED) is 0.786. The van der Waals surface area contributed by atoms with Gasteiger partial charge in [0, 0.05) is 13.0 Å². The average molecular weight is 352 g/mol. The van der Waals surface area contributed by atoms with Crippen LogP contribution in [0.3, 0.4) is 0 Å². The van der Waals surface area contributed by atoms with Gasteiger partial charge in [0.25, 0.3) is 0 Å². The molecule has 0 aliphatic rings. The number of aryl methyl sites for hydroxylation is 1. The van der Waals surface area contributed by atoms with E-state index in [1.807, 2.05) is 43.6 Å². The van der Waals surface area contributed by atoms with Crippen LogP contribution >= 0.6 is 15.9 Å². The van der Waals surface area contributed by atoms with Gasteiger partial charge in [0.05, 0.1) is 29.0 Å². The summed E-state index contributed by atoms with van der Waals surface area (Å²) in [5, 5.41) is 7.79. The average Bonchev–Trinajstić information content (AvgIpc) is 2.86. The van der Waals surface area contributed by atoms with Crippen LogP contribution in [0.4, 0.5) is 0 Å². The largest absolute Gasteiger partial charge is 0.494 e. The summed E-state index contributed by atoms with van der Waals surface area (Å²) in [6.07, 6.45) is 3.82. The minimum Gasteiger partial charge on any atom is -0.494 e. The molecule has 1 N–H and O–H groups in total. The molecule has 2 aromatic rings. The minimum absolute atomic E-state index is 0.220. The molecule has 0 amide bonds. The summed E-state index contributed by atoms with van der Waals surface area (Å²) < 4.78 is 8.91. The van der Waals surface area contributed by atoms with E-state index in [9.17, 15) is 0 Å². The third-order valence-corrected chi connectivity index (χ3v) is 3.98. The van der Waals surface area contributed by atoms with Gasteiger partial charge in [0.15, 0.2) is 0 Å². The molecule has 1 aromatic carbocycles. The first-order valence-corrected chi connectivity index (χ1v) is 8.11. The number of hydrogen-bond donors (Lipinski definition) is 1. The molecule has 5 heteroatoms. The van der Waals surface area contributed by atoms with E-state index >= 15 is 0 Å². The Kier molecular flexibility index (Phi) is 6.26. The highest BCUT2D eigenvalue weighted by atomic mass is 79.9. The number of para-hydroxylation sites is 1. The zero-order valence-electron chi connectivity index (χ0n) is 12.6. The summed E-state index contributed by atoms with van der Waals surface area (Å²) in [5.41, 5.74) is 1.19. The van der Waals surface area contributed by atoms with E-state index in [4.69, 9.17) is 4.74 Å². The maximum Gasteiger partial charge on any atom is 0.119 e. The van der Waals surface area contributed by atoms with Gasteiger partial charge in [0.1, 0.15) is 5.75 Å². The fourth-order valence-electron chi connectivity index (χ4n) is 2.34. The predicted octanol–water partition coefficient (Wildman–Crippen LogP) is 3.79. The number of halogens is 1. The molecule has 21 heavy (non-hydrogen) atoms. The molecule has 0 bridgehead atoms. The van der Waals surface area contributed by atoms with E-state index in [2.05, 4.69) is 38.0 Å². The van der Waals surface area contributed by atoms with E-state index in [0.29, 0.717) is 6.61 Å². The van der Waals surface area contributed by atoms with Crippen LogP contribution in [0.15, 0.2) is 41.0 Å². The molecule has 2 rings (SSSR count). The molecule has 0 aliphatic heterocycles. The van der Waals surface area contributed by atoms with E-state index in [0.717, 1.165) is 29.6 Å². The third-order valence-electron chi connectivity index (χ3n) is 3.37. The first kappa shape index (κ1) is 16.0. The van der Waals surface area contributed by atoms with Gasteiger partial charge in [0.2, 0.25) is 0 Å². The number of hydrogen-bond acceptors (Lipinski definition) is 3. The Bertz CT molecular complexity index is 542. The molecule has 114 valence electrons. The van der Waals surface area contributed by atoms with Crippen molar-refractivity contribution in [2.75, 3.05) is 13.7 Å². The summed E-state index contributed by atoms with van der Waals surface area (Å²) in [7, 11) is 1.98. The molecule has 0 fully saturated rings. The van der Waals surface area contributed by atoms with E-state index < -0.39 is 0 Å². The molecule has 0 radical (unpaired) electrons. The monoisotopic (exact) mass is 351 g/mol. The molecule has 0 aliphatic carbocycles. The Hall–Kier alpha value is -1.33. The number of nitrogens with one attached hydrogen (secondary N) is 1. The van der Waals surface area contributed by atoms with E-state index in [-0.39, 0.29) is 6.04 Å². The fraction of sp³-hybridized carbons (Fsp3) is 0.438. The van der Waals surface area contributed by atoms with Crippen LogP contribution in [0.2, 0.25) is 0 Å². The Balaban J connectivity index is 1.98. The van der Waals surface area contributed by atoms with Gasteiger partial charge in [-0.05, 0) is 41.5 Å². The lowest BCUT2D eigenvalue weighted by Gasteiger charge is -2.19. The van der Waals surface area contributed by atoms with Crippen molar-refractivity contribution in [3.8, 4) is 5.75 Å². The van der Waals surface area contributed by atoms with Crippen molar-refractivity contribution in [3.05, 3.63) is 46.7 Å². The molecule has 0 spiro atoms. The van der Waals surface area contributed by atoms with Gasteiger partial charge in [-0.3, -0.25) is 4.68 Å². The molecule has 0 saturated carbocycles. The van der Waals surface area contributed by atoms with Crippen molar-refractivity contribution in [2.24, 2.45) is 0 Å². The highest BCUT2D eigenvalue weighted by Crippen LogP contribution is 2.26. The zero-order chi connectivity index (χ0) is 15.1. The summed E-state index contributed by atoms with van der Waals surface area (Å²) in [6.45, 7) is 3.75. The normalized spacial score (nSPS) is 12.3. The molecule has 1 atom stereocenters. The first-order valence-electron chi connectivity index (χ1n) is 7.32. The fourth-order valence-corrected chi connectivity index (χ4v) is 2.91. The molecular weight excluding hydrogens is 330 g/mol. The van der Waals surface area contributed by atoms with Crippen LogP contribution in [-0.2, 0) is 6.54 Å². The number of aromatic nitrogens is 2. The van der Waals surface area contributed by atoms with Gasteiger partial charge in [-0.25, -0.2) is 0 Å². The van der Waals surface area contributed by atoms with Crippen LogP contribution in [0.25, 0.3) is 0 Å². The second-order valence-corrected chi connectivity index (χ2v) is 5.75. The van der Waals surface area contributed by atoms with Crippen molar-refractivity contribution < 1.29 is 4.74 Å². The maximum atomic E-state index is 5.79. The van der Waals surface area contributed by atoms with Crippen molar-refractivity contribution in [2.45, 2.75) is 32.4 Å². The SMILES string of the molecule is CCCn1ncc(Br)c1C(CCOc1ccccc1)NC. The summed E-state index contributed by atoms with van der Waals surface area (Å²) in [4.78, 5) is 0. The van der Waals surface area contributed by atoms with Crippen LogP contribution in [-0.4, -0.2) is 23.4 Å². The van der Waals surface area contributed by atoms with Crippen LogP contribution in [0, 0.1) is 0 Å². The second kappa shape index (κ2) is 8.20. The molecule has 4 nitrogen and oxygen atoms in total. The smallest absolute Gasteiger partial charge is 0.119 e. The van der Waals surface area contributed by atoms with E-state index in [1.54, 1.807) is 0 Å². The van der Waals surface area contributed by atoms with Crippen LogP contribution in [0.5, 0.6) is 5.75 Å². The molecule has 0 saturated heterocycles. The van der Waals surface area contributed by atoms with Crippen molar-refractivity contribution >= 4 is 15.9 Å². The number of benzene rings is 1. The lowest BCUT2D eigenvalue weighted by atomic mass is 10.1. The van der Waals surface area contributed by atoms with Gasteiger partial charge < -0.3 is 10.1 Å². The summed E-state index contributed by atoms with van der Waals surface area (Å²) in [6, 6.07) is 10.1.